The number of benzene rings is 1. The summed E-state index contributed by atoms with van der Waals surface area (Å²) in [7, 11) is 0. The van der Waals surface area contributed by atoms with Crippen molar-refractivity contribution in [3.63, 3.8) is 0 Å². The minimum absolute atomic E-state index is 0.0918. The van der Waals surface area contributed by atoms with E-state index in [-0.39, 0.29) is 25.0 Å². The first-order valence-electron chi connectivity index (χ1n) is 11.6. The van der Waals surface area contributed by atoms with Crippen LogP contribution in [-0.2, 0) is 25.5 Å². The van der Waals surface area contributed by atoms with Crippen LogP contribution in [0.4, 0.5) is 5.69 Å². The Morgan fingerprint density at radius 1 is 0.722 bits per heavy atom. The molecule has 0 unspecified atom stereocenters. The molecular weight excluding hydrogens is 482 g/mol. The summed E-state index contributed by atoms with van der Waals surface area (Å²) < 4.78 is 10.7. The van der Waals surface area contributed by atoms with E-state index in [1.807, 2.05) is 0 Å². The van der Waals surface area contributed by atoms with Gasteiger partial charge in [-0.2, -0.15) is 0 Å². The van der Waals surface area contributed by atoms with Gasteiger partial charge in [0.15, 0.2) is 0 Å². The number of nitrogens with one attached hydrogen (secondary N) is 1. The van der Waals surface area contributed by atoms with Gasteiger partial charge in [-0.1, -0.05) is 12.1 Å². The fourth-order valence-electron chi connectivity index (χ4n) is 4.37. The predicted octanol–water partition coefficient (Wildman–Crippen LogP) is -3.80. The highest BCUT2D eigenvalue weighted by Gasteiger charge is 2.45. The molecule has 202 valence electrons. The molecule has 3 rings (SSSR count). The van der Waals surface area contributed by atoms with E-state index in [9.17, 15) is 50.4 Å². The molecule has 36 heavy (non-hydrogen) atoms. The van der Waals surface area contributed by atoms with Gasteiger partial charge in [0.25, 0.3) is 0 Å². The number of aliphatic hydroxyl groups excluding tert-OH is 8. The average Bonchev–Trinajstić information content (AvgIpc) is 2.84. The highest BCUT2D eigenvalue weighted by atomic mass is 16.6. The summed E-state index contributed by atoms with van der Waals surface area (Å²) in [5.41, 5.74) is 0.859. The molecule has 1 amide bonds. The Morgan fingerprint density at radius 2 is 1.22 bits per heavy atom. The molecule has 2 aliphatic rings. The Bertz CT molecular complexity index is 828. The second kappa shape index (κ2) is 12.5. The average molecular weight is 516 g/mol. The van der Waals surface area contributed by atoms with Gasteiger partial charge in [0, 0.05) is 18.5 Å². The van der Waals surface area contributed by atoms with Crippen molar-refractivity contribution in [1.29, 1.82) is 0 Å². The molecule has 2 heterocycles. The quantitative estimate of drug-likeness (QED) is 0.154. The molecule has 2 saturated heterocycles. The molecule has 13 nitrogen and oxygen atoms in total. The number of carbonyl (C=O) groups excluding carboxylic acids is 2. The van der Waals surface area contributed by atoms with Gasteiger partial charge in [0.1, 0.15) is 54.6 Å². The molecule has 1 aromatic rings. The van der Waals surface area contributed by atoms with Crippen molar-refractivity contribution >= 4 is 17.4 Å². The fraction of sp³-hybridized carbons (Fsp3) is 0.652. The van der Waals surface area contributed by atoms with E-state index >= 15 is 0 Å². The van der Waals surface area contributed by atoms with E-state index in [4.69, 9.17) is 9.47 Å². The molecule has 0 saturated carbocycles. The zero-order valence-corrected chi connectivity index (χ0v) is 19.3. The minimum atomic E-state index is -1.59. The van der Waals surface area contributed by atoms with Crippen LogP contribution in [0.5, 0.6) is 0 Å². The summed E-state index contributed by atoms with van der Waals surface area (Å²) in [6.07, 6.45) is -14.5. The number of aliphatic hydroxyl groups is 8. The predicted molar refractivity (Wildman–Crippen MR) is 121 cm³/mol. The maximum atomic E-state index is 12.6. The Kier molecular flexibility index (Phi) is 9.88. The summed E-state index contributed by atoms with van der Waals surface area (Å²) in [4.78, 5) is 25.0. The van der Waals surface area contributed by atoms with E-state index < -0.39 is 80.2 Å². The van der Waals surface area contributed by atoms with Crippen molar-refractivity contribution in [2.45, 2.75) is 80.3 Å². The number of carbonyl (C=O) groups is 2. The molecule has 1 aromatic carbocycles. The SMILES string of the molecule is O=C(Cc1cccc(NC(=O)C[C@H]2O[C@H](CO)[C@@H](O)[C@H](O)[C@@H]2O)c1)C[C@H]1O[C@H](CO)[C@@H](O)[C@H](O)[C@@H]1O. The van der Waals surface area contributed by atoms with Crippen LogP contribution in [-0.4, -0.2) is 127 Å². The van der Waals surface area contributed by atoms with Crippen LogP contribution in [0, 0.1) is 0 Å². The second-order valence-corrected chi connectivity index (χ2v) is 9.11. The lowest BCUT2D eigenvalue weighted by Crippen LogP contribution is -2.59. The first-order chi connectivity index (χ1) is 17.0. The van der Waals surface area contributed by atoms with Gasteiger partial charge in [-0.3, -0.25) is 9.59 Å². The zero-order valence-electron chi connectivity index (χ0n) is 19.3. The van der Waals surface area contributed by atoms with Crippen molar-refractivity contribution in [2.24, 2.45) is 0 Å². The molecule has 0 spiro atoms. The van der Waals surface area contributed by atoms with Gasteiger partial charge in [-0.25, -0.2) is 0 Å². The summed E-state index contributed by atoms with van der Waals surface area (Å²) in [6, 6.07) is 6.34. The second-order valence-electron chi connectivity index (χ2n) is 9.11. The molecule has 9 N–H and O–H groups in total. The van der Waals surface area contributed by atoms with Crippen molar-refractivity contribution in [2.75, 3.05) is 18.5 Å². The fourth-order valence-corrected chi connectivity index (χ4v) is 4.37. The van der Waals surface area contributed by atoms with Crippen molar-refractivity contribution in [3.8, 4) is 0 Å². The lowest BCUT2D eigenvalue weighted by atomic mass is 9.91. The molecule has 10 atom stereocenters. The van der Waals surface area contributed by atoms with Gasteiger partial charge >= 0.3 is 0 Å². The number of ether oxygens (including phenoxy) is 2. The van der Waals surface area contributed by atoms with Gasteiger partial charge < -0.3 is 55.6 Å². The van der Waals surface area contributed by atoms with Gasteiger partial charge in [0.05, 0.1) is 31.8 Å². The van der Waals surface area contributed by atoms with Crippen LogP contribution >= 0.6 is 0 Å². The smallest absolute Gasteiger partial charge is 0.227 e. The van der Waals surface area contributed by atoms with Crippen LogP contribution < -0.4 is 5.32 Å². The highest BCUT2D eigenvalue weighted by Crippen LogP contribution is 2.25. The van der Waals surface area contributed by atoms with Crippen molar-refractivity contribution in [1.82, 2.24) is 0 Å². The molecule has 0 radical (unpaired) electrons. The lowest BCUT2D eigenvalue weighted by Gasteiger charge is -2.39. The Labute approximate surface area is 206 Å². The number of hydrogen-bond donors (Lipinski definition) is 9. The van der Waals surface area contributed by atoms with E-state index in [0.717, 1.165) is 0 Å². The first-order valence-corrected chi connectivity index (χ1v) is 11.6. The van der Waals surface area contributed by atoms with Crippen LogP contribution in [0.25, 0.3) is 0 Å². The lowest BCUT2D eigenvalue weighted by molar-refractivity contribution is -0.229. The van der Waals surface area contributed by atoms with Gasteiger partial charge in [0.2, 0.25) is 5.91 Å². The van der Waals surface area contributed by atoms with Gasteiger partial charge in [-0.05, 0) is 17.7 Å². The molecule has 2 fully saturated rings. The molecular formula is C23H33NO12. The number of ketones is 1. The van der Waals surface area contributed by atoms with E-state index in [1.54, 1.807) is 18.2 Å². The monoisotopic (exact) mass is 515 g/mol. The van der Waals surface area contributed by atoms with E-state index in [1.165, 1.54) is 6.07 Å². The zero-order chi connectivity index (χ0) is 26.6. The van der Waals surface area contributed by atoms with Crippen LogP contribution in [0.15, 0.2) is 24.3 Å². The Morgan fingerprint density at radius 3 is 1.75 bits per heavy atom. The molecule has 0 bridgehead atoms. The maximum Gasteiger partial charge on any atom is 0.227 e. The summed E-state index contributed by atoms with van der Waals surface area (Å²) in [5, 5.41) is 80.7. The topological polar surface area (TPSA) is 226 Å². The molecule has 0 aromatic heterocycles. The van der Waals surface area contributed by atoms with Crippen LogP contribution in [0.2, 0.25) is 0 Å². The number of amides is 1. The number of Topliss-reactive ketones (excluding diaryl/α,β-unsaturated/α-hetero) is 1. The van der Waals surface area contributed by atoms with Crippen molar-refractivity contribution < 1.29 is 59.9 Å². The Balaban J connectivity index is 1.56. The van der Waals surface area contributed by atoms with E-state index in [2.05, 4.69) is 5.32 Å². The molecule has 2 aliphatic heterocycles. The summed E-state index contributed by atoms with van der Waals surface area (Å²) in [6.45, 7) is -1.21. The number of rotatable bonds is 9. The third-order valence-electron chi connectivity index (χ3n) is 6.41. The molecule has 13 heteroatoms. The summed E-state index contributed by atoms with van der Waals surface area (Å²) in [5.74, 6) is -0.937. The maximum absolute atomic E-state index is 12.6. The minimum Gasteiger partial charge on any atom is -0.394 e. The highest BCUT2D eigenvalue weighted by molar-refractivity contribution is 5.91. The number of hydrogen-bond acceptors (Lipinski definition) is 12. The third-order valence-corrected chi connectivity index (χ3v) is 6.41. The van der Waals surface area contributed by atoms with Crippen LogP contribution in [0.3, 0.4) is 0 Å². The van der Waals surface area contributed by atoms with Crippen molar-refractivity contribution in [3.05, 3.63) is 29.8 Å². The Hall–Kier alpha value is -2.04. The normalized spacial score (nSPS) is 36.9. The number of anilines is 1. The van der Waals surface area contributed by atoms with Gasteiger partial charge in [-0.15, -0.1) is 0 Å². The van der Waals surface area contributed by atoms with E-state index in [0.29, 0.717) is 11.3 Å². The molecule has 0 aliphatic carbocycles. The largest absolute Gasteiger partial charge is 0.394 e. The third kappa shape index (κ3) is 6.63. The standard InChI is InChI=1S/C23H33NO12/c25-8-15-20(31)22(33)18(29)13(35-15)6-12(27)5-10-2-1-3-11(4-10)24-17(28)7-14-19(30)23(34)21(32)16(9-26)36-14/h1-4,13-16,18-23,25-26,29-34H,5-9H2,(H,24,28)/t13-,14-,15-,16-,18-,19-,20-,21-,22-,23-/m1/s1. The first kappa shape index (κ1) is 28.5. The van der Waals surface area contributed by atoms with Crippen LogP contribution in [0.1, 0.15) is 18.4 Å². The summed E-state index contributed by atoms with van der Waals surface area (Å²) >= 11 is 0.